The SMILES string of the molecule is Cc1ccc(NC(=O)COC(=O)c2cccnc2Oc2cccnc2)cc1C. The van der Waals surface area contributed by atoms with Gasteiger partial charge in [0.1, 0.15) is 11.3 Å². The number of hydrogen-bond donors (Lipinski definition) is 1. The molecule has 0 unspecified atom stereocenters. The number of nitrogens with zero attached hydrogens (tertiary/aromatic N) is 2. The van der Waals surface area contributed by atoms with Crippen molar-refractivity contribution in [1.29, 1.82) is 0 Å². The van der Waals surface area contributed by atoms with Crippen LogP contribution in [0.4, 0.5) is 5.69 Å². The number of ether oxygens (including phenoxy) is 2. The van der Waals surface area contributed by atoms with Crippen LogP contribution < -0.4 is 10.1 Å². The average molecular weight is 377 g/mol. The minimum atomic E-state index is -0.706. The second-order valence-corrected chi connectivity index (χ2v) is 6.07. The van der Waals surface area contributed by atoms with Crippen molar-refractivity contribution in [3.8, 4) is 11.6 Å². The Labute approximate surface area is 162 Å². The maximum absolute atomic E-state index is 12.4. The van der Waals surface area contributed by atoms with E-state index in [1.54, 1.807) is 30.5 Å². The van der Waals surface area contributed by atoms with Gasteiger partial charge in [0.2, 0.25) is 5.88 Å². The maximum atomic E-state index is 12.4. The number of hydrogen-bond acceptors (Lipinski definition) is 6. The van der Waals surface area contributed by atoms with Crippen LogP contribution in [0.2, 0.25) is 0 Å². The van der Waals surface area contributed by atoms with Gasteiger partial charge in [0.25, 0.3) is 5.91 Å². The van der Waals surface area contributed by atoms with Crippen LogP contribution in [0.1, 0.15) is 21.5 Å². The molecule has 0 fully saturated rings. The zero-order valence-electron chi connectivity index (χ0n) is 15.5. The molecule has 0 spiro atoms. The second kappa shape index (κ2) is 8.77. The zero-order chi connectivity index (χ0) is 19.9. The number of benzene rings is 1. The van der Waals surface area contributed by atoms with Crippen molar-refractivity contribution in [2.45, 2.75) is 13.8 Å². The average Bonchev–Trinajstić information content (AvgIpc) is 2.70. The summed E-state index contributed by atoms with van der Waals surface area (Å²) in [6.07, 6.45) is 4.60. The third-order valence-electron chi connectivity index (χ3n) is 3.97. The first-order valence-corrected chi connectivity index (χ1v) is 8.60. The molecular weight excluding hydrogens is 358 g/mol. The van der Waals surface area contributed by atoms with Crippen molar-refractivity contribution in [1.82, 2.24) is 9.97 Å². The van der Waals surface area contributed by atoms with Gasteiger partial charge in [-0.3, -0.25) is 9.78 Å². The molecular formula is C21H19N3O4. The predicted octanol–water partition coefficient (Wildman–Crippen LogP) is 3.68. The van der Waals surface area contributed by atoms with E-state index in [1.807, 2.05) is 26.0 Å². The molecule has 0 radical (unpaired) electrons. The van der Waals surface area contributed by atoms with Crippen LogP contribution in [0.5, 0.6) is 11.6 Å². The Hall–Kier alpha value is -3.74. The molecule has 3 rings (SSSR count). The number of anilines is 1. The summed E-state index contributed by atoms with van der Waals surface area (Å²) in [5.41, 5.74) is 2.95. The molecule has 7 nitrogen and oxygen atoms in total. The lowest BCUT2D eigenvalue weighted by Gasteiger charge is -2.10. The quantitative estimate of drug-likeness (QED) is 0.659. The van der Waals surface area contributed by atoms with Gasteiger partial charge in [0.15, 0.2) is 6.61 Å². The fraction of sp³-hybridized carbons (Fsp3) is 0.143. The Kier molecular flexibility index (Phi) is 5.96. The highest BCUT2D eigenvalue weighted by molar-refractivity contribution is 5.96. The molecule has 7 heteroatoms. The van der Waals surface area contributed by atoms with Gasteiger partial charge < -0.3 is 14.8 Å². The highest BCUT2D eigenvalue weighted by atomic mass is 16.5. The van der Waals surface area contributed by atoms with E-state index in [1.165, 1.54) is 18.5 Å². The van der Waals surface area contributed by atoms with Crippen molar-refractivity contribution in [2.75, 3.05) is 11.9 Å². The van der Waals surface area contributed by atoms with Gasteiger partial charge in [-0.05, 0) is 61.4 Å². The van der Waals surface area contributed by atoms with Crippen LogP contribution in [0.3, 0.4) is 0 Å². The Bertz CT molecular complexity index is 990. The molecule has 1 N–H and O–H groups in total. The lowest BCUT2D eigenvalue weighted by Crippen LogP contribution is -2.21. The van der Waals surface area contributed by atoms with Crippen molar-refractivity contribution < 1.29 is 19.1 Å². The Morgan fingerprint density at radius 2 is 1.86 bits per heavy atom. The molecule has 0 saturated heterocycles. The number of esters is 1. The van der Waals surface area contributed by atoms with E-state index in [-0.39, 0.29) is 11.4 Å². The van der Waals surface area contributed by atoms with Gasteiger partial charge in [0.05, 0.1) is 6.20 Å². The van der Waals surface area contributed by atoms with Gasteiger partial charge in [-0.25, -0.2) is 9.78 Å². The number of carbonyl (C=O) groups is 2. The third-order valence-corrected chi connectivity index (χ3v) is 3.97. The minimum Gasteiger partial charge on any atom is -0.452 e. The summed E-state index contributed by atoms with van der Waals surface area (Å²) in [6, 6.07) is 12.1. The fourth-order valence-corrected chi connectivity index (χ4v) is 2.37. The van der Waals surface area contributed by atoms with Crippen LogP contribution in [0, 0.1) is 13.8 Å². The molecule has 1 amide bonds. The summed E-state index contributed by atoms with van der Waals surface area (Å²) in [5, 5.41) is 2.70. The fourth-order valence-electron chi connectivity index (χ4n) is 2.37. The lowest BCUT2D eigenvalue weighted by molar-refractivity contribution is -0.119. The molecule has 0 saturated carbocycles. The highest BCUT2D eigenvalue weighted by Crippen LogP contribution is 2.22. The summed E-state index contributed by atoms with van der Waals surface area (Å²) in [7, 11) is 0. The van der Waals surface area contributed by atoms with Crippen LogP contribution in [-0.4, -0.2) is 28.5 Å². The zero-order valence-corrected chi connectivity index (χ0v) is 15.5. The molecule has 28 heavy (non-hydrogen) atoms. The number of aryl methyl sites for hydroxylation is 2. The topological polar surface area (TPSA) is 90.4 Å². The van der Waals surface area contributed by atoms with E-state index >= 15 is 0 Å². The lowest BCUT2D eigenvalue weighted by atomic mass is 10.1. The van der Waals surface area contributed by atoms with Crippen molar-refractivity contribution in [3.05, 3.63) is 77.7 Å². The van der Waals surface area contributed by atoms with E-state index < -0.39 is 18.5 Å². The third kappa shape index (κ3) is 4.91. The van der Waals surface area contributed by atoms with Gasteiger partial charge >= 0.3 is 5.97 Å². The first-order valence-electron chi connectivity index (χ1n) is 8.60. The van der Waals surface area contributed by atoms with Gasteiger partial charge in [-0.15, -0.1) is 0 Å². The Balaban J connectivity index is 1.61. The van der Waals surface area contributed by atoms with E-state index in [2.05, 4.69) is 15.3 Å². The minimum absolute atomic E-state index is 0.0788. The molecule has 0 bridgehead atoms. The molecule has 3 aromatic rings. The van der Waals surface area contributed by atoms with Gasteiger partial charge in [0, 0.05) is 18.1 Å². The summed E-state index contributed by atoms with van der Waals surface area (Å²) >= 11 is 0. The highest BCUT2D eigenvalue weighted by Gasteiger charge is 2.17. The standard InChI is InChI=1S/C21H19N3O4/c1-14-7-8-16(11-15(14)2)24-19(25)13-27-21(26)18-6-4-10-23-20(18)28-17-5-3-9-22-12-17/h3-12H,13H2,1-2H3,(H,24,25). The number of pyridine rings is 2. The monoisotopic (exact) mass is 377 g/mol. The number of carbonyl (C=O) groups excluding carboxylic acids is 2. The van der Waals surface area contributed by atoms with E-state index in [4.69, 9.17) is 9.47 Å². The molecule has 0 aliphatic heterocycles. The van der Waals surface area contributed by atoms with E-state index in [9.17, 15) is 9.59 Å². The molecule has 2 aromatic heterocycles. The van der Waals surface area contributed by atoms with E-state index in [0.717, 1.165) is 11.1 Å². The molecule has 142 valence electrons. The molecule has 0 aliphatic carbocycles. The van der Waals surface area contributed by atoms with Crippen LogP contribution >= 0.6 is 0 Å². The first kappa shape index (κ1) is 19.0. The smallest absolute Gasteiger partial charge is 0.344 e. The van der Waals surface area contributed by atoms with Crippen molar-refractivity contribution in [2.24, 2.45) is 0 Å². The summed E-state index contributed by atoms with van der Waals surface area (Å²) in [6.45, 7) is 3.52. The molecule has 1 aromatic carbocycles. The summed E-state index contributed by atoms with van der Waals surface area (Å²) in [4.78, 5) is 32.5. The Morgan fingerprint density at radius 3 is 2.61 bits per heavy atom. The van der Waals surface area contributed by atoms with Crippen LogP contribution in [-0.2, 0) is 9.53 Å². The molecule has 0 aliphatic rings. The summed E-state index contributed by atoms with van der Waals surface area (Å²) in [5.74, 6) is -0.629. The second-order valence-electron chi connectivity index (χ2n) is 6.07. The largest absolute Gasteiger partial charge is 0.452 e. The Morgan fingerprint density at radius 1 is 1.04 bits per heavy atom. The number of nitrogens with one attached hydrogen (secondary N) is 1. The van der Waals surface area contributed by atoms with Gasteiger partial charge in [-0.2, -0.15) is 0 Å². The van der Waals surface area contributed by atoms with Crippen LogP contribution in [0.25, 0.3) is 0 Å². The normalized spacial score (nSPS) is 10.2. The van der Waals surface area contributed by atoms with Crippen LogP contribution in [0.15, 0.2) is 61.1 Å². The molecule has 0 atom stereocenters. The maximum Gasteiger partial charge on any atom is 0.344 e. The predicted molar refractivity (Wildman–Crippen MR) is 103 cm³/mol. The number of rotatable bonds is 6. The summed E-state index contributed by atoms with van der Waals surface area (Å²) < 4.78 is 10.7. The molecule has 2 heterocycles. The first-order chi connectivity index (χ1) is 13.5. The van der Waals surface area contributed by atoms with Gasteiger partial charge in [-0.1, -0.05) is 6.07 Å². The van der Waals surface area contributed by atoms with Crippen molar-refractivity contribution in [3.63, 3.8) is 0 Å². The van der Waals surface area contributed by atoms with Crippen molar-refractivity contribution >= 4 is 17.6 Å². The number of amides is 1. The van der Waals surface area contributed by atoms with E-state index in [0.29, 0.717) is 11.4 Å². The number of aromatic nitrogens is 2.